The molecule has 1 N–H and O–H groups in total. The van der Waals surface area contributed by atoms with Crippen molar-refractivity contribution in [1.29, 1.82) is 0 Å². The van der Waals surface area contributed by atoms with Crippen molar-refractivity contribution in [3.05, 3.63) is 48.0 Å². The first-order chi connectivity index (χ1) is 12.2. The average Bonchev–Trinajstić information content (AvgIpc) is 2.64. The second-order valence-corrected chi connectivity index (χ2v) is 7.16. The van der Waals surface area contributed by atoms with Crippen molar-refractivity contribution in [3.63, 3.8) is 0 Å². The maximum Gasteiger partial charge on any atom is 0.316 e. The third-order valence-corrected chi connectivity index (χ3v) is 5.70. The van der Waals surface area contributed by atoms with Crippen LogP contribution in [0, 0.1) is 11.8 Å². The quantitative estimate of drug-likeness (QED) is 0.918. The number of likely N-dealkylation sites (tertiary alicyclic amines) is 1. The lowest BCUT2D eigenvalue weighted by atomic mass is 9.63. The van der Waals surface area contributed by atoms with Crippen LogP contribution in [0.15, 0.2) is 36.9 Å². The topological polar surface area (TPSA) is 71.4 Å². The van der Waals surface area contributed by atoms with Crippen LogP contribution in [0.3, 0.4) is 0 Å². The van der Waals surface area contributed by atoms with Crippen LogP contribution in [0.25, 0.3) is 0 Å². The van der Waals surface area contributed by atoms with Gasteiger partial charge in [-0.2, -0.15) is 0 Å². The van der Waals surface area contributed by atoms with Crippen molar-refractivity contribution < 1.29 is 9.84 Å². The van der Waals surface area contributed by atoms with Crippen molar-refractivity contribution >= 4 is 0 Å². The lowest BCUT2D eigenvalue weighted by Gasteiger charge is -2.53. The summed E-state index contributed by atoms with van der Waals surface area (Å²) in [5.41, 5.74) is 1.29. The Morgan fingerprint density at radius 1 is 1.20 bits per heavy atom. The fourth-order valence-electron chi connectivity index (χ4n) is 4.53. The van der Waals surface area contributed by atoms with Crippen LogP contribution in [-0.2, 0) is 12.1 Å². The second-order valence-electron chi connectivity index (χ2n) is 7.16. The number of hydrogen-bond donors (Lipinski definition) is 1. The molecule has 2 aliphatic rings. The minimum absolute atomic E-state index is 0.239. The normalized spacial score (nSPS) is 29.4. The van der Waals surface area contributed by atoms with Crippen molar-refractivity contribution in [2.45, 2.75) is 31.4 Å². The number of pyridine rings is 1. The molecule has 4 rings (SSSR count). The van der Waals surface area contributed by atoms with Gasteiger partial charge < -0.3 is 9.84 Å². The third-order valence-electron chi connectivity index (χ3n) is 5.70. The summed E-state index contributed by atoms with van der Waals surface area (Å²) in [5.74, 6) is 0.478. The largest absolute Gasteiger partial charge is 0.467 e. The summed E-state index contributed by atoms with van der Waals surface area (Å²) in [6.07, 6.45) is 10.5. The van der Waals surface area contributed by atoms with Crippen LogP contribution in [0.4, 0.5) is 0 Å². The number of fused-ring (bicyclic) bond motifs is 2. The Morgan fingerprint density at radius 2 is 1.92 bits per heavy atom. The Kier molecular flexibility index (Phi) is 4.39. The second kappa shape index (κ2) is 6.69. The van der Waals surface area contributed by atoms with Gasteiger partial charge in [-0.25, -0.2) is 9.97 Å². The molecule has 0 spiro atoms. The molecule has 3 heterocycles. The molecular weight excluding hydrogens is 316 g/mol. The summed E-state index contributed by atoms with van der Waals surface area (Å²) in [4.78, 5) is 15.0. The molecule has 2 fully saturated rings. The van der Waals surface area contributed by atoms with Gasteiger partial charge >= 0.3 is 6.01 Å². The van der Waals surface area contributed by atoms with Gasteiger partial charge in [-0.3, -0.25) is 9.88 Å². The van der Waals surface area contributed by atoms with E-state index in [-0.39, 0.29) is 11.8 Å². The first-order valence-corrected chi connectivity index (χ1v) is 8.90. The van der Waals surface area contributed by atoms with Crippen molar-refractivity contribution in [2.24, 2.45) is 11.8 Å². The first-order valence-electron chi connectivity index (χ1n) is 8.90. The molecule has 1 aliphatic heterocycles. The van der Waals surface area contributed by atoms with E-state index in [2.05, 4.69) is 19.9 Å². The molecule has 0 aromatic carbocycles. The van der Waals surface area contributed by atoms with Crippen LogP contribution in [0.2, 0.25) is 0 Å². The van der Waals surface area contributed by atoms with E-state index in [0.29, 0.717) is 6.01 Å². The summed E-state index contributed by atoms with van der Waals surface area (Å²) >= 11 is 0. The number of methoxy groups -OCH3 is 1. The van der Waals surface area contributed by atoms with E-state index in [1.165, 1.54) is 6.42 Å². The maximum absolute atomic E-state index is 11.6. The smallest absolute Gasteiger partial charge is 0.316 e. The van der Waals surface area contributed by atoms with Gasteiger partial charge in [-0.1, -0.05) is 12.5 Å². The summed E-state index contributed by atoms with van der Waals surface area (Å²) in [5, 5.41) is 11.6. The molecule has 6 nitrogen and oxygen atoms in total. The minimum atomic E-state index is -0.751. The van der Waals surface area contributed by atoms with Crippen molar-refractivity contribution in [3.8, 4) is 6.01 Å². The maximum atomic E-state index is 11.6. The molecule has 0 amide bonds. The zero-order valence-corrected chi connectivity index (χ0v) is 14.5. The third kappa shape index (κ3) is 3.00. The Balaban J connectivity index is 1.53. The Bertz CT molecular complexity index is 693. The van der Waals surface area contributed by atoms with Gasteiger partial charge in [0.05, 0.1) is 12.7 Å². The summed E-state index contributed by atoms with van der Waals surface area (Å²) in [6.45, 7) is 2.57. The fraction of sp³-hybridized carbons (Fsp3) is 0.526. The van der Waals surface area contributed by atoms with E-state index >= 15 is 0 Å². The Hall–Kier alpha value is -2.05. The molecule has 1 aliphatic carbocycles. The van der Waals surface area contributed by atoms with Gasteiger partial charge in [0.1, 0.15) is 0 Å². The van der Waals surface area contributed by atoms with Gasteiger partial charge in [0.2, 0.25) is 0 Å². The molecule has 1 saturated heterocycles. The number of aliphatic hydroxyl groups is 1. The number of ether oxygens (including phenoxy) is 1. The van der Waals surface area contributed by atoms with Crippen molar-refractivity contribution in [1.82, 2.24) is 19.9 Å². The lowest BCUT2D eigenvalue weighted by Crippen LogP contribution is -2.57. The first kappa shape index (κ1) is 16.4. The number of rotatable bonds is 4. The highest BCUT2D eigenvalue weighted by Gasteiger charge is 2.51. The zero-order valence-electron chi connectivity index (χ0n) is 14.5. The van der Waals surface area contributed by atoms with Crippen LogP contribution in [0.5, 0.6) is 6.01 Å². The highest BCUT2D eigenvalue weighted by atomic mass is 16.5. The molecule has 2 atom stereocenters. The number of aromatic nitrogens is 3. The Morgan fingerprint density at radius 3 is 2.52 bits per heavy atom. The molecule has 2 aromatic rings. The van der Waals surface area contributed by atoms with E-state index in [4.69, 9.17) is 4.74 Å². The van der Waals surface area contributed by atoms with E-state index in [1.54, 1.807) is 13.3 Å². The standard InChI is InChI=1S/C19H24N4O2/c1-25-18-21-8-14(9-22-18)11-23-12-16-4-2-5-17(13-23)19(16,24)15-6-3-7-20-10-15/h3,6-10,16-17,24H,2,4-5,11-13H2,1H3. The predicted octanol–water partition coefficient (Wildman–Crippen LogP) is 2.00. The summed E-state index contributed by atoms with van der Waals surface area (Å²) in [7, 11) is 1.57. The van der Waals surface area contributed by atoms with E-state index in [0.717, 1.165) is 43.6 Å². The molecular formula is C19H24N4O2. The average molecular weight is 340 g/mol. The molecule has 2 aromatic heterocycles. The van der Waals surface area contributed by atoms with E-state index in [1.807, 2.05) is 30.7 Å². The highest BCUT2D eigenvalue weighted by Crippen LogP contribution is 2.49. The molecule has 132 valence electrons. The van der Waals surface area contributed by atoms with Crippen LogP contribution < -0.4 is 4.74 Å². The van der Waals surface area contributed by atoms with Crippen LogP contribution in [-0.4, -0.2) is 45.2 Å². The van der Waals surface area contributed by atoms with Crippen LogP contribution in [0.1, 0.15) is 30.4 Å². The lowest BCUT2D eigenvalue weighted by molar-refractivity contribution is -0.148. The van der Waals surface area contributed by atoms with Crippen LogP contribution >= 0.6 is 0 Å². The molecule has 1 saturated carbocycles. The SMILES string of the molecule is COc1ncc(CN2CC3CCCC(C2)C3(O)c2cccnc2)cn1. The molecule has 2 unspecified atom stereocenters. The molecule has 0 radical (unpaired) electrons. The van der Waals surface area contributed by atoms with Crippen molar-refractivity contribution in [2.75, 3.05) is 20.2 Å². The monoisotopic (exact) mass is 340 g/mol. The number of hydrogen-bond acceptors (Lipinski definition) is 6. The predicted molar refractivity (Wildman–Crippen MR) is 92.8 cm³/mol. The van der Waals surface area contributed by atoms with Gasteiger partial charge in [0, 0.05) is 67.4 Å². The highest BCUT2D eigenvalue weighted by molar-refractivity contribution is 5.24. The summed E-state index contributed by atoms with van der Waals surface area (Å²) < 4.78 is 5.02. The summed E-state index contributed by atoms with van der Waals surface area (Å²) in [6, 6.07) is 4.33. The zero-order chi connectivity index (χ0) is 17.3. The van der Waals surface area contributed by atoms with Gasteiger partial charge in [-0.05, 0) is 18.9 Å². The van der Waals surface area contributed by atoms with E-state index in [9.17, 15) is 5.11 Å². The molecule has 6 heteroatoms. The van der Waals surface area contributed by atoms with E-state index < -0.39 is 5.60 Å². The van der Waals surface area contributed by atoms with Gasteiger partial charge in [0.25, 0.3) is 0 Å². The minimum Gasteiger partial charge on any atom is -0.467 e. The Labute approximate surface area is 147 Å². The van der Waals surface area contributed by atoms with Gasteiger partial charge in [0.15, 0.2) is 0 Å². The fourth-order valence-corrected chi connectivity index (χ4v) is 4.53. The molecule has 2 bridgehead atoms. The number of piperidine rings is 1. The molecule has 25 heavy (non-hydrogen) atoms. The number of nitrogens with zero attached hydrogens (tertiary/aromatic N) is 4. The van der Waals surface area contributed by atoms with Gasteiger partial charge in [-0.15, -0.1) is 0 Å².